The number of amides is 2. The number of nitrogen functional groups attached to an aromatic ring is 1. The molecule has 3 heterocycles. The molecule has 2 aliphatic heterocycles. The van der Waals surface area contributed by atoms with Crippen molar-refractivity contribution >= 4 is 46.3 Å². The summed E-state index contributed by atoms with van der Waals surface area (Å²) < 4.78 is 5.31. The van der Waals surface area contributed by atoms with Crippen LogP contribution < -0.4 is 11.1 Å². The molecule has 2 aromatic carbocycles. The summed E-state index contributed by atoms with van der Waals surface area (Å²) in [6, 6.07) is 11.6. The van der Waals surface area contributed by atoms with Gasteiger partial charge in [-0.25, -0.2) is 4.79 Å². The van der Waals surface area contributed by atoms with E-state index < -0.39 is 0 Å². The zero-order valence-corrected chi connectivity index (χ0v) is 19.8. The van der Waals surface area contributed by atoms with Gasteiger partial charge in [-0.05, 0) is 61.2 Å². The Morgan fingerprint density at radius 1 is 1.09 bits per heavy atom. The lowest BCUT2D eigenvalue weighted by Gasteiger charge is -2.40. The number of hydrogen-bond donors (Lipinski definition) is 2. The molecule has 1 aromatic heterocycles. The summed E-state index contributed by atoms with van der Waals surface area (Å²) in [7, 11) is 0. The zero-order valence-electron chi connectivity index (χ0n) is 18.3. The van der Waals surface area contributed by atoms with E-state index in [9.17, 15) is 4.79 Å². The highest BCUT2D eigenvalue weighted by molar-refractivity contribution is 6.42. The number of anilines is 1. The average molecular weight is 488 g/mol. The van der Waals surface area contributed by atoms with Crippen LogP contribution in [-0.4, -0.2) is 47.0 Å². The van der Waals surface area contributed by atoms with Crippen LogP contribution in [0.15, 0.2) is 40.8 Å². The Morgan fingerprint density at radius 2 is 1.94 bits per heavy atom. The fraction of sp³-hybridized carbons (Fsp3) is 0.417. The number of urea groups is 1. The van der Waals surface area contributed by atoms with Crippen molar-refractivity contribution in [2.24, 2.45) is 5.41 Å². The van der Waals surface area contributed by atoms with E-state index in [0.717, 1.165) is 63.1 Å². The van der Waals surface area contributed by atoms with E-state index in [4.69, 9.17) is 33.4 Å². The number of piperidine rings is 1. The molecule has 9 heteroatoms. The number of rotatable bonds is 4. The molecular formula is C24H27Cl2N5O2. The summed E-state index contributed by atoms with van der Waals surface area (Å²) in [5.74, 6) is 0. The number of halogens is 2. The number of fused-ring (bicyclic) bond motifs is 1. The fourth-order valence-corrected chi connectivity index (χ4v) is 5.48. The van der Waals surface area contributed by atoms with Gasteiger partial charge < -0.3 is 20.4 Å². The molecule has 2 saturated heterocycles. The molecule has 3 aromatic rings. The van der Waals surface area contributed by atoms with Crippen molar-refractivity contribution in [3.63, 3.8) is 0 Å². The molecule has 0 radical (unpaired) electrons. The lowest BCUT2D eigenvalue weighted by molar-refractivity contribution is 0.107. The molecule has 0 bridgehead atoms. The van der Waals surface area contributed by atoms with E-state index >= 15 is 0 Å². The van der Waals surface area contributed by atoms with Gasteiger partial charge in [-0.15, -0.1) is 0 Å². The topological polar surface area (TPSA) is 87.6 Å². The quantitative estimate of drug-likeness (QED) is 0.545. The van der Waals surface area contributed by atoms with Gasteiger partial charge in [0.1, 0.15) is 5.52 Å². The number of likely N-dealkylation sites (tertiary alicyclic amines) is 2. The third kappa shape index (κ3) is 4.90. The van der Waals surface area contributed by atoms with E-state index in [2.05, 4.69) is 15.2 Å². The molecular weight excluding hydrogens is 461 g/mol. The van der Waals surface area contributed by atoms with Crippen molar-refractivity contribution in [3.8, 4) is 0 Å². The van der Waals surface area contributed by atoms with Gasteiger partial charge in [0.25, 0.3) is 6.01 Å². The molecule has 7 nitrogen and oxygen atoms in total. The van der Waals surface area contributed by atoms with Crippen LogP contribution in [0.3, 0.4) is 0 Å². The molecule has 2 aliphatic rings. The molecule has 2 amide bonds. The molecule has 3 N–H and O–H groups in total. The average Bonchev–Trinajstić information content (AvgIpc) is 3.36. The maximum Gasteiger partial charge on any atom is 0.317 e. The number of nitrogens with two attached hydrogens (primary N) is 1. The summed E-state index contributed by atoms with van der Waals surface area (Å²) in [6.07, 6.45) is 3.28. The first-order valence-electron chi connectivity index (χ1n) is 11.2. The molecule has 1 spiro atoms. The minimum Gasteiger partial charge on any atom is -0.424 e. The summed E-state index contributed by atoms with van der Waals surface area (Å²) in [6.45, 7) is 4.88. The van der Waals surface area contributed by atoms with Crippen LogP contribution >= 0.6 is 23.2 Å². The number of carbonyl (C=O) groups excluding carboxylic acids is 1. The van der Waals surface area contributed by atoms with Crippen molar-refractivity contribution in [3.05, 3.63) is 57.6 Å². The number of oxazole rings is 1. The maximum atomic E-state index is 12.9. The Bertz CT molecular complexity index is 1180. The van der Waals surface area contributed by atoms with Crippen LogP contribution in [-0.2, 0) is 13.1 Å². The third-order valence-electron chi connectivity index (χ3n) is 6.77. The first-order valence-corrected chi connectivity index (χ1v) is 12.0. The van der Waals surface area contributed by atoms with Crippen molar-refractivity contribution < 1.29 is 9.21 Å². The summed E-state index contributed by atoms with van der Waals surface area (Å²) in [5, 5.41) is 4.24. The summed E-state index contributed by atoms with van der Waals surface area (Å²) >= 11 is 12.2. The van der Waals surface area contributed by atoms with Gasteiger partial charge in [0, 0.05) is 38.1 Å². The van der Waals surface area contributed by atoms with Crippen molar-refractivity contribution in [1.82, 2.24) is 20.1 Å². The van der Waals surface area contributed by atoms with Crippen molar-refractivity contribution in [2.45, 2.75) is 32.4 Å². The van der Waals surface area contributed by atoms with Crippen LogP contribution in [0, 0.1) is 5.41 Å². The molecule has 0 aliphatic carbocycles. The zero-order chi connectivity index (χ0) is 23.0. The van der Waals surface area contributed by atoms with Gasteiger partial charge >= 0.3 is 6.03 Å². The maximum absolute atomic E-state index is 12.9. The van der Waals surface area contributed by atoms with Gasteiger partial charge in [0.05, 0.1) is 10.0 Å². The Kier molecular flexibility index (Phi) is 6.12. The van der Waals surface area contributed by atoms with Crippen LogP contribution in [0.1, 0.15) is 30.4 Å². The minimum atomic E-state index is -0.0169. The summed E-state index contributed by atoms with van der Waals surface area (Å²) in [5.41, 5.74) is 9.24. The second kappa shape index (κ2) is 9.05. The first kappa shape index (κ1) is 22.3. The normalized spacial score (nSPS) is 21.2. The number of aromatic nitrogens is 1. The van der Waals surface area contributed by atoms with Crippen LogP contribution in [0.4, 0.5) is 10.8 Å². The molecule has 1 atom stereocenters. The van der Waals surface area contributed by atoms with Gasteiger partial charge in [0.15, 0.2) is 5.58 Å². The number of hydrogen-bond acceptors (Lipinski definition) is 5. The molecule has 5 rings (SSSR count). The summed E-state index contributed by atoms with van der Waals surface area (Å²) in [4.78, 5) is 21.5. The Balaban J connectivity index is 1.17. The monoisotopic (exact) mass is 487 g/mol. The number of carbonyl (C=O) groups is 1. The highest BCUT2D eigenvalue weighted by atomic mass is 35.5. The van der Waals surface area contributed by atoms with Gasteiger partial charge in [-0.3, -0.25) is 4.90 Å². The minimum absolute atomic E-state index is 0.0169. The molecule has 33 heavy (non-hydrogen) atoms. The standard InChI is InChI=1S/C24H27Cl2N5O2/c25-18-4-2-17(10-19(18)26)13-30-9-7-24(14-30)6-1-8-31(15-24)23(32)28-12-16-3-5-21-20(11-16)29-22(27)33-21/h2-5,10-11H,1,6-9,12-15H2,(H2,27,29)(H,28,32). The van der Waals surface area contributed by atoms with Crippen LogP contribution in [0.25, 0.3) is 11.1 Å². The van der Waals surface area contributed by atoms with Gasteiger partial charge in [-0.1, -0.05) is 35.3 Å². The number of nitrogens with zero attached hydrogens (tertiary/aromatic N) is 3. The predicted octanol–water partition coefficient (Wildman–Crippen LogP) is 4.91. The van der Waals surface area contributed by atoms with Crippen LogP contribution in [0.5, 0.6) is 0 Å². The highest BCUT2D eigenvalue weighted by Gasteiger charge is 2.42. The molecule has 174 valence electrons. The number of benzene rings is 2. The van der Waals surface area contributed by atoms with Crippen molar-refractivity contribution in [1.29, 1.82) is 0 Å². The number of nitrogens with one attached hydrogen (secondary N) is 1. The molecule has 1 unspecified atom stereocenters. The third-order valence-corrected chi connectivity index (χ3v) is 7.51. The SMILES string of the molecule is Nc1nc2cc(CNC(=O)N3CCCC4(CCN(Cc5ccc(Cl)c(Cl)c5)C4)C3)ccc2o1. The molecule has 0 saturated carbocycles. The van der Waals surface area contributed by atoms with Crippen molar-refractivity contribution in [2.75, 3.05) is 31.9 Å². The largest absolute Gasteiger partial charge is 0.424 e. The lowest BCUT2D eigenvalue weighted by atomic mass is 9.79. The smallest absolute Gasteiger partial charge is 0.317 e. The lowest BCUT2D eigenvalue weighted by Crippen LogP contribution is -2.50. The van der Waals surface area contributed by atoms with E-state index in [-0.39, 0.29) is 17.5 Å². The Morgan fingerprint density at radius 3 is 2.79 bits per heavy atom. The van der Waals surface area contributed by atoms with E-state index in [0.29, 0.717) is 27.7 Å². The predicted molar refractivity (Wildman–Crippen MR) is 130 cm³/mol. The Labute approximate surface area is 202 Å². The Hall–Kier alpha value is -2.48. The fourth-order valence-electron chi connectivity index (χ4n) is 5.16. The van der Waals surface area contributed by atoms with Gasteiger partial charge in [-0.2, -0.15) is 4.98 Å². The van der Waals surface area contributed by atoms with Crippen LogP contribution in [0.2, 0.25) is 10.0 Å². The second-order valence-electron chi connectivity index (χ2n) is 9.25. The highest BCUT2D eigenvalue weighted by Crippen LogP contribution is 2.39. The van der Waals surface area contributed by atoms with E-state index in [1.54, 1.807) is 0 Å². The second-order valence-corrected chi connectivity index (χ2v) is 10.1. The van der Waals surface area contributed by atoms with Gasteiger partial charge in [0.2, 0.25) is 0 Å². The first-order chi connectivity index (χ1) is 15.9. The van der Waals surface area contributed by atoms with E-state index in [1.807, 2.05) is 41.3 Å². The van der Waals surface area contributed by atoms with E-state index in [1.165, 1.54) is 0 Å². The molecule has 2 fully saturated rings.